The number of anilines is 2. The zero-order chi connectivity index (χ0) is 33.1. The fourth-order valence-corrected chi connectivity index (χ4v) is 5.18. The van der Waals surface area contributed by atoms with Crippen LogP contribution in [0.2, 0.25) is 0 Å². The molecule has 1 saturated heterocycles. The molecule has 3 aromatic heterocycles. The standard InChI is InChI=1S/C32H28F3N7O5/c1-46-23-6-2-19(3-7-23)17-42-29-27(28(40-42)38-22-12-15-41(18-22)31(44)45)25(11-14-37-29)47-24-8-4-20(5-9-24)30(43)39-26-16-21(10-13-36-26)32(33,34)35/h2-11,13-14,16,22H,12,15,17-18H2,1H3,(H,38,40)(H,44,45)(H,36,39,43)/t22-/m1/s1. The summed E-state index contributed by atoms with van der Waals surface area (Å²) < 4.78 is 52.4. The second kappa shape index (κ2) is 12.9. The predicted molar refractivity (Wildman–Crippen MR) is 165 cm³/mol. The number of carbonyl (C=O) groups is 2. The van der Waals surface area contributed by atoms with Gasteiger partial charge in [0.25, 0.3) is 5.91 Å². The molecule has 3 N–H and O–H groups in total. The number of rotatable bonds is 9. The second-order valence-corrected chi connectivity index (χ2v) is 10.7. The van der Waals surface area contributed by atoms with Crippen LogP contribution in [-0.4, -0.2) is 68.0 Å². The minimum atomic E-state index is -4.57. The van der Waals surface area contributed by atoms with Gasteiger partial charge in [-0.2, -0.15) is 18.3 Å². The Kier molecular flexibility index (Phi) is 8.52. The van der Waals surface area contributed by atoms with Gasteiger partial charge in [0.05, 0.1) is 19.2 Å². The first-order chi connectivity index (χ1) is 22.6. The average Bonchev–Trinajstić information content (AvgIpc) is 3.67. The second-order valence-electron chi connectivity index (χ2n) is 10.7. The van der Waals surface area contributed by atoms with Gasteiger partial charge in [-0.3, -0.25) is 4.79 Å². The average molecular weight is 648 g/mol. The first-order valence-corrected chi connectivity index (χ1v) is 14.4. The first kappa shape index (κ1) is 31.1. The highest BCUT2D eigenvalue weighted by atomic mass is 19.4. The van der Waals surface area contributed by atoms with Crippen LogP contribution >= 0.6 is 0 Å². The van der Waals surface area contributed by atoms with Crippen LogP contribution in [0.15, 0.2) is 79.1 Å². The Morgan fingerprint density at radius 1 is 1.00 bits per heavy atom. The van der Waals surface area contributed by atoms with Crippen molar-refractivity contribution >= 4 is 34.7 Å². The first-order valence-electron chi connectivity index (χ1n) is 14.4. The predicted octanol–water partition coefficient (Wildman–Crippen LogP) is 6.11. The van der Waals surface area contributed by atoms with Crippen molar-refractivity contribution in [2.24, 2.45) is 0 Å². The smallest absolute Gasteiger partial charge is 0.416 e. The molecule has 0 aliphatic carbocycles. The van der Waals surface area contributed by atoms with Crippen molar-refractivity contribution in [3.8, 4) is 17.2 Å². The van der Waals surface area contributed by atoms with E-state index in [4.69, 9.17) is 14.6 Å². The molecule has 1 fully saturated rings. The van der Waals surface area contributed by atoms with Crippen LogP contribution in [0.1, 0.15) is 27.9 Å². The number of nitrogens with one attached hydrogen (secondary N) is 2. The summed E-state index contributed by atoms with van der Waals surface area (Å²) in [6.45, 7) is 1.07. The van der Waals surface area contributed by atoms with Crippen molar-refractivity contribution in [2.75, 3.05) is 30.8 Å². The SMILES string of the molecule is COc1ccc(Cn2nc(N[C@@H]3CCN(C(=O)O)C3)c3c(Oc4ccc(C(=O)Nc5cc(C(F)(F)F)ccn5)cc4)ccnc32)cc1. The lowest BCUT2D eigenvalue weighted by Crippen LogP contribution is -2.30. The Morgan fingerprint density at radius 3 is 2.40 bits per heavy atom. The summed E-state index contributed by atoms with van der Waals surface area (Å²) in [5.41, 5.74) is 0.722. The molecule has 0 bridgehead atoms. The zero-order valence-electron chi connectivity index (χ0n) is 24.9. The number of fused-ring (bicyclic) bond motifs is 1. The number of carbonyl (C=O) groups excluding carboxylic acids is 1. The maximum absolute atomic E-state index is 13.0. The van der Waals surface area contributed by atoms with Gasteiger partial charge in [-0.1, -0.05) is 12.1 Å². The van der Waals surface area contributed by atoms with Gasteiger partial charge in [-0.05, 0) is 60.5 Å². The van der Waals surface area contributed by atoms with Crippen molar-refractivity contribution in [3.05, 3.63) is 95.8 Å². The van der Waals surface area contributed by atoms with E-state index >= 15 is 0 Å². The van der Waals surface area contributed by atoms with E-state index in [1.165, 1.54) is 17.0 Å². The number of ether oxygens (including phenoxy) is 2. The lowest BCUT2D eigenvalue weighted by atomic mass is 10.2. The van der Waals surface area contributed by atoms with E-state index in [9.17, 15) is 27.9 Å². The molecule has 5 aromatic rings. The normalized spacial score (nSPS) is 14.6. The molecule has 1 aliphatic heterocycles. The Hall–Kier alpha value is -5.86. The van der Waals surface area contributed by atoms with E-state index in [-0.39, 0.29) is 24.0 Å². The Labute approximate surface area is 265 Å². The quantitative estimate of drug-likeness (QED) is 0.173. The van der Waals surface area contributed by atoms with Crippen LogP contribution in [-0.2, 0) is 12.7 Å². The highest BCUT2D eigenvalue weighted by Crippen LogP contribution is 2.35. The Bertz CT molecular complexity index is 1910. The molecule has 2 aromatic carbocycles. The summed E-state index contributed by atoms with van der Waals surface area (Å²) in [4.78, 5) is 33.9. The Morgan fingerprint density at radius 2 is 1.72 bits per heavy atom. The summed E-state index contributed by atoms with van der Waals surface area (Å²) >= 11 is 0. The van der Waals surface area contributed by atoms with Crippen LogP contribution in [0.25, 0.3) is 11.0 Å². The molecule has 4 heterocycles. The molecule has 242 valence electrons. The van der Waals surface area contributed by atoms with Gasteiger partial charge in [0.1, 0.15) is 28.5 Å². The maximum Gasteiger partial charge on any atom is 0.416 e. The van der Waals surface area contributed by atoms with Crippen LogP contribution in [0.4, 0.5) is 29.6 Å². The number of amides is 2. The van der Waals surface area contributed by atoms with Gasteiger partial charge in [0.15, 0.2) is 11.5 Å². The minimum absolute atomic E-state index is 0.176. The van der Waals surface area contributed by atoms with E-state index in [0.29, 0.717) is 47.9 Å². The number of methoxy groups -OCH3 is 1. The molecule has 6 rings (SSSR count). The van der Waals surface area contributed by atoms with Crippen molar-refractivity contribution in [1.29, 1.82) is 0 Å². The van der Waals surface area contributed by atoms with Crippen LogP contribution in [0.3, 0.4) is 0 Å². The number of halogens is 3. The number of benzene rings is 2. The fraction of sp³-hybridized carbons (Fsp3) is 0.219. The molecule has 15 heteroatoms. The van der Waals surface area contributed by atoms with Crippen LogP contribution < -0.4 is 20.1 Å². The topological polar surface area (TPSA) is 144 Å². The third-order valence-corrected chi connectivity index (χ3v) is 7.56. The van der Waals surface area contributed by atoms with Gasteiger partial charge in [-0.25, -0.2) is 19.4 Å². The van der Waals surface area contributed by atoms with E-state index in [2.05, 4.69) is 20.6 Å². The van der Waals surface area contributed by atoms with Crippen LogP contribution in [0.5, 0.6) is 17.2 Å². The highest BCUT2D eigenvalue weighted by Gasteiger charge is 2.31. The van der Waals surface area contributed by atoms with Crippen molar-refractivity contribution < 1.29 is 37.3 Å². The summed E-state index contributed by atoms with van der Waals surface area (Å²) in [5, 5.41) is 20.5. The summed E-state index contributed by atoms with van der Waals surface area (Å²) in [6.07, 6.45) is -2.41. The lowest BCUT2D eigenvalue weighted by Gasteiger charge is -2.14. The van der Waals surface area contributed by atoms with E-state index in [0.717, 1.165) is 29.6 Å². The summed E-state index contributed by atoms with van der Waals surface area (Å²) in [7, 11) is 1.59. The third-order valence-electron chi connectivity index (χ3n) is 7.56. The van der Waals surface area contributed by atoms with E-state index in [1.54, 1.807) is 36.2 Å². The van der Waals surface area contributed by atoms with Crippen LogP contribution in [0, 0.1) is 0 Å². The molecular formula is C32H28F3N7O5. The Balaban J connectivity index is 1.25. The molecule has 47 heavy (non-hydrogen) atoms. The maximum atomic E-state index is 13.0. The van der Waals surface area contributed by atoms with Gasteiger partial charge in [0.2, 0.25) is 0 Å². The minimum Gasteiger partial charge on any atom is -0.497 e. The largest absolute Gasteiger partial charge is 0.497 e. The number of aromatic nitrogens is 4. The van der Waals surface area contributed by atoms with E-state index < -0.39 is 23.7 Å². The number of nitrogens with zero attached hydrogens (tertiary/aromatic N) is 5. The van der Waals surface area contributed by atoms with Gasteiger partial charge >= 0.3 is 12.3 Å². The third kappa shape index (κ3) is 7.03. The molecule has 0 unspecified atom stereocenters. The lowest BCUT2D eigenvalue weighted by molar-refractivity contribution is -0.137. The fourth-order valence-electron chi connectivity index (χ4n) is 5.18. The highest BCUT2D eigenvalue weighted by molar-refractivity contribution is 6.03. The molecular weight excluding hydrogens is 619 g/mol. The number of likely N-dealkylation sites (tertiary alicyclic amines) is 1. The van der Waals surface area contributed by atoms with Crippen molar-refractivity contribution in [2.45, 2.75) is 25.2 Å². The monoisotopic (exact) mass is 647 g/mol. The number of alkyl halides is 3. The number of hydrogen-bond donors (Lipinski definition) is 3. The molecule has 2 amide bonds. The number of hydrogen-bond acceptors (Lipinski definition) is 8. The molecule has 1 aliphatic rings. The number of pyridine rings is 2. The summed E-state index contributed by atoms with van der Waals surface area (Å²) in [6, 6.07) is 16.7. The van der Waals surface area contributed by atoms with Crippen molar-refractivity contribution in [3.63, 3.8) is 0 Å². The summed E-state index contributed by atoms with van der Waals surface area (Å²) in [5.74, 6) is 1.10. The van der Waals surface area contributed by atoms with E-state index in [1.807, 2.05) is 24.3 Å². The molecule has 0 radical (unpaired) electrons. The molecule has 0 saturated carbocycles. The zero-order valence-corrected chi connectivity index (χ0v) is 24.9. The molecule has 1 atom stereocenters. The van der Waals surface area contributed by atoms with Crippen molar-refractivity contribution in [1.82, 2.24) is 24.6 Å². The molecule has 0 spiro atoms. The van der Waals surface area contributed by atoms with Gasteiger partial charge in [0, 0.05) is 43.2 Å². The van der Waals surface area contributed by atoms with Gasteiger partial charge < -0.3 is 30.1 Å². The van der Waals surface area contributed by atoms with Gasteiger partial charge in [-0.15, -0.1) is 0 Å². The molecule has 12 nitrogen and oxygen atoms in total. The number of carboxylic acid groups (broad SMARTS) is 1.